The number of hydrogen-bond acceptors (Lipinski definition) is 5. The fourth-order valence-corrected chi connectivity index (χ4v) is 3.69. The van der Waals surface area contributed by atoms with Gasteiger partial charge in [-0.05, 0) is 18.2 Å². The minimum absolute atomic E-state index is 0.109. The first-order valence-corrected chi connectivity index (χ1v) is 7.60. The number of hydrogen-bond donors (Lipinski definition) is 2. The van der Waals surface area contributed by atoms with E-state index in [0.29, 0.717) is 16.3 Å². The highest BCUT2D eigenvalue weighted by Crippen LogP contribution is 2.42. The fourth-order valence-electron chi connectivity index (χ4n) is 2.19. The molecule has 0 aliphatic carbocycles. The second kappa shape index (κ2) is 5.38. The number of aliphatic carboxylic acids is 1. The highest BCUT2D eigenvalue weighted by atomic mass is 35.5. The molecule has 2 N–H and O–H groups in total. The molecule has 1 fully saturated rings. The van der Waals surface area contributed by atoms with Gasteiger partial charge in [0.25, 0.3) is 11.8 Å². The summed E-state index contributed by atoms with van der Waals surface area (Å²) in [5.41, 5.74) is 1.23. The van der Waals surface area contributed by atoms with Crippen LogP contribution in [-0.4, -0.2) is 38.7 Å². The monoisotopic (exact) mass is 354 g/mol. The minimum Gasteiger partial charge on any atom is -0.480 e. The van der Waals surface area contributed by atoms with Crippen molar-refractivity contribution >= 4 is 68.9 Å². The Bertz CT molecular complexity index is 790. The van der Waals surface area contributed by atoms with Gasteiger partial charge >= 0.3 is 5.97 Å². The molecule has 1 aromatic carbocycles. The molecule has 0 unspecified atom stereocenters. The number of benzene rings is 1. The van der Waals surface area contributed by atoms with E-state index in [1.54, 1.807) is 18.2 Å². The van der Waals surface area contributed by atoms with Crippen LogP contribution < -0.4 is 5.32 Å². The number of thioether (sulfide) groups is 1. The molecule has 2 aliphatic heterocycles. The highest BCUT2D eigenvalue weighted by Gasteiger charge is 2.39. The van der Waals surface area contributed by atoms with Crippen LogP contribution >= 0.6 is 35.6 Å². The molecule has 0 spiro atoms. The van der Waals surface area contributed by atoms with Crippen molar-refractivity contribution in [3.8, 4) is 0 Å². The van der Waals surface area contributed by atoms with Gasteiger partial charge in [-0.1, -0.05) is 35.6 Å². The van der Waals surface area contributed by atoms with Gasteiger partial charge in [0, 0.05) is 16.3 Å². The largest absolute Gasteiger partial charge is 0.480 e. The number of nitrogens with one attached hydrogen (secondary N) is 1. The fraction of sp³-hybridized carbons (Fsp3) is 0.0769. The maximum absolute atomic E-state index is 12.4. The average molecular weight is 355 g/mol. The topological polar surface area (TPSA) is 86.7 Å². The lowest BCUT2D eigenvalue weighted by atomic mass is 10.1. The molecule has 0 saturated carbocycles. The van der Waals surface area contributed by atoms with Crippen molar-refractivity contribution in [2.75, 3.05) is 11.9 Å². The van der Waals surface area contributed by atoms with Crippen molar-refractivity contribution in [3.63, 3.8) is 0 Å². The van der Waals surface area contributed by atoms with E-state index in [1.807, 2.05) is 0 Å². The van der Waals surface area contributed by atoms with Crippen LogP contribution in [0.5, 0.6) is 0 Å². The molecular weight excluding hydrogens is 348 g/mol. The molecule has 0 atom stereocenters. The van der Waals surface area contributed by atoms with E-state index >= 15 is 0 Å². The molecule has 22 heavy (non-hydrogen) atoms. The third kappa shape index (κ3) is 2.39. The molecule has 1 saturated heterocycles. The van der Waals surface area contributed by atoms with E-state index in [9.17, 15) is 14.4 Å². The Hall–Kier alpha value is -1.90. The standard InChI is InChI=1S/C13H7ClN2O4S2/c14-5-1-2-7-6(3-5)9(11(19)15-7)10-12(20)16(4-8(17)18)13(21)22-10/h1-3H,4H2,(H,15,19)(H,17,18)/b10-9-. The van der Waals surface area contributed by atoms with E-state index in [2.05, 4.69) is 5.32 Å². The zero-order valence-electron chi connectivity index (χ0n) is 10.8. The zero-order valence-corrected chi connectivity index (χ0v) is 13.1. The summed E-state index contributed by atoms with van der Waals surface area (Å²) >= 11 is 11.9. The maximum atomic E-state index is 12.4. The van der Waals surface area contributed by atoms with Gasteiger partial charge in [0.05, 0.1) is 10.5 Å². The van der Waals surface area contributed by atoms with Crippen LogP contribution in [0.3, 0.4) is 0 Å². The van der Waals surface area contributed by atoms with E-state index in [0.717, 1.165) is 16.7 Å². The second-order valence-corrected chi connectivity index (χ2v) is 6.58. The Morgan fingerprint density at radius 1 is 1.41 bits per heavy atom. The van der Waals surface area contributed by atoms with Crippen LogP contribution in [0.4, 0.5) is 5.69 Å². The van der Waals surface area contributed by atoms with E-state index in [-0.39, 0.29) is 14.8 Å². The first kappa shape index (κ1) is 15.0. The van der Waals surface area contributed by atoms with E-state index < -0.39 is 24.3 Å². The number of carbonyl (C=O) groups excluding carboxylic acids is 2. The molecular formula is C13H7ClN2O4S2. The van der Waals surface area contributed by atoms with Crippen molar-refractivity contribution in [1.82, 2.24) is 4.90 Å². The molecule has 2 amide bonds. The molecule has 9 heteroatoms. The Morgan fingerprint density at radius 2 is 2.14 bits per heavy atom. The lowest BCUT2D eigenvalue weighted by Gasteiger charge is -2.10. The summed E-state index contributed by atoms with van der Waals surface area (Å²) in [6.45, 7) is -0.536. The second-order valence-electron chi connectivity index (χ2n) is 4.50. The van der Waals surface area contributed by atoms with Crippen molar-refractivity contribution in [2.45, 2.75) is 0 Å². The van der Waals surface area contributed by atoms with Crippen LogP contribution in [0, 0.1) is 0 Å². The third-order valence-corrected chi connectivity index (χ3v) is 4.78. The Balaban J connectivity index is 2.10. The number of carboxylic acid groups (broad SMARTS) is 1. The van der Waals surface area contributed by atoms with Gasteiger partial charge in [-0.25, -0.2) is 0 Å². The highest BCUT2D eigenvalue weighted by molar-refractivity contribution is 8.26. The lowest BCUT2D eigenvalue weighted by molar-refractivity contribution is -0.140. The van der Waals surface area contributed by atoms with Gasteiger partial charge < -0.3 is 10.4 Å². The molecule has 0 bridgehead atoms. The number of rotatable bonds is 2. The van der Waals surface area contributed by atoms with Gasteiger partial charge in [0.15, 0.2) is 0 Å². The van der Waals surface area contributed by atoms with Gasteiger partial charge in [0.1, 0.15) is 10.9 Å². The lowest BCUT2D eigenvalue weighted by Crippen LogP contribution is -2.33. The van der Waals surface area contributed by atoms with Gasteiger partial charge in [-0.15, -0.1) is 0 Å². The number of carbonyl (C=O) groups is 3. The normalized spacial score (nSPS) is 20.4. The summed E-state index contributed by atoms with van der Waals surface area (Å²) in [4.78, 5) is 36.4. The SMILES string of the molecule is O=C(O)CN1C(=O)/C(=C2/C(=O)Nc3ccc(Cl)cc32)SC1=S. The summed E-state index contributed by atoms with van der Waals surface area (Å²) in [5, 5.41) is 11.9. The molecule has 2 aliphatic rings. The van der Waals surface area contributed by atoms with Crippen molar-refractivity contribution in [1.29, 1.82) is 0 Å². The van der Waals surface area contributed by atoms with Crippen molar-refractivity contribution in [2.24, 2.45) is 0 Å². The van der Waals surface area contributed by atoms with Gasteiger partial charge in [-0.3, -0.25) is 19.3 Å². The molecule has 3 rings (SSSR count). The molecule has 6 nitrogen and oxygen atoms in total. The first-order valence-electron chi connectivity index (χ1n) is 5.99. The predicted octanol–water partition coefficient (Wildman–Crippen LogP) is 1.95. The molecule has 0 aromatic heterocycles. The number of halogens is 1. The number of carboxylic acids is 1. The minimum atomic E-state index is -1.18. The Labute approximate surface area is 139 Å². The van der Waals surface area contributed by atoms with E-state index in [1.165, 1.54) is 0 Å². The molecule has 0 radical (unpaired) electrons. The smallest absolute Gasteiger partial charge is 0.323 e. The number of fused-ring (bicyclic) bond motifs is 1. The van der Waals surface area contributed by atoms with E-state index in [4.69, 9.17) is 28.9 Å². The van der Waals surface area contributed by atoms with Crippen molar-refractivity contribution < 1.29 is 19.5 Å². The molecule has 1 aromatic rings. The van der Waals surface area contributed by atoms with Gasteiger partial charge in [-0.2, -0.15) is 0 Å². The van der Waals surface area contributed by atoms with Crippen LogP contribution in [0.1, 0.15) is 5.56 Å². The Kier molecular flexibility index (Phi) is 3.67. The summed E-state index contributed by atoms with van der Waals surface area (Å²) < 4.78 is 0.109. The number of thiocarbonyl (C=S) groups is 1. The molecule has 2 heterocycles. The summed E-state index contributed by atoms with van der Waals surface area (Å²) in [5.74, 6) is -2.20. The predicted molar refractivity (Wildman–Crippen MR) is 86.5 cm³/mol. The van der Waals surface area contributed by atoms with Crippen LogP contribution in [0.15, 0.2) is 23.1 Å². The summed E-state index contributed by atoms with van der Waals surface area (Å²) in [7, 11) is 0. The molecule has 112 valence electrons. The number of anilines is 1. The summed E-state index contributed by atoms with van der Waals surface area (Å²) in [6, 6.07) is 4.84. The van der Waals surface area contributed by atoms with Crippen LogP contribution in [-0.2, 0) is 14.4 Å². The van der Waals surface area contributed by atoms with Crippen LogP contribution in [0.2, 0.25) is 5.02 Å². The quantitative estimate of drug-likeness (QED) is 0.623. The maximum Gasteiger partial charge on any atom is 0.323 e. The average Bonchev–Trinajstić information content (AvgIpc) is 2.88. The van der Waals surface area contributed by atoms with Crippen LogP contribution in [0.25, 0.3) is 5.57 Å². The van der Waals surface area contributed by atoms with Crippen molar-refractivity contribution in [3.05, 3.63) is 33.7 Å². The third-order valence-electron chi connectivity index (χ3n) is 3.10. The number of amides is 2. The number of nitrogens with zero attached hydrogens (tertiary/aromatic N) is 1. The van der Waals surface area contributed by atoms with Gasteiger partial charge in [0.2, 0.25) is 0 Å². The zero-order chi connectivity index (χ0) is 16.0. The Morgan fingerprint density at radius 3 is 2.82 bits per heavy atom. The first-order chi connectivity index (χ1) is 10.4. The summed E-state index contributed by atoms with van der Waals surface area (Å²) in [6.07, 6.45) is 0.